The quantitative estimate of drug-likeness (QED) is 0.778. The molecule has 3 nitrogen and oxygen atoms in total. The van der Waals surface area contributed by atoms with E-state index in [-0.39, 0.29) is 17.5 Å². The average molecular weight is 262 g/mol. The van der Waals surface area contributed by atoms with Crippen LogP contribution in [0.25, 0.3) is 0 Å². The largest absolute Gasteiger partial charge is 0.486 e. The summed E-state index contributed by atoms with van der Waals surface area (Å²) in [5.41, 5.74) is 7.11. The van der Waals surface area contributed by atoms with Crippen molar-refractivity contribution in [1.29, 1.82) is 0 Å². The summed E-state index contributed by atoms with van der Waals surface area (Å²) in [5, 5.41) is 0. The molecule has 2 saturated heterocycles. The van der Waals surface area contributed by atoms with Gasteiger partial charge >= 0.3 is 0 Å². The van der Waals surface area contributed by atoms with Crippen LogP contribution in [0, 0.1) is 11.7 Å². The minimum Gasteiger partial charge on any atom is -0.486 e. The third-order valence-electron chi connectivity index (χ3n) is 5.12. The topological polar surface area (TPSA) is 38.5 Å². The van der Waals surface area contributed by atoms with Gasteiger partial charge in [0.15, 0.2) is 0 Å². The van der Waals surface area contributed by atoms with Crippen LogP contribution in [0.1, 0.15) is 30.9 Å². The number of piperidine rings is 1. The Bertz CT molecular complexity index is 521. The Hall–Kier alpha value is -1.13. The third kappa shape index (κ3) is 1.70. The fraction of sp³-hybridized carbons (Fsp3) is 0.600. The summed E-state index contributed by atoms with van der Waals surface area (Å²) in [6.07, 6.45) is 3.06. The summed E-state index contributed by atoms with van der Waals surface area (Å²) in [6.45, 7) is 3.35. The number of fused-ring (bicyclic) bond motifs is 4. The summed E-state index contributed by atoms with van der Waals surface area (Å²) < 4.78 is 19.7. The van der Waals surface area contributed by atoms with Gasteiger partial charge in [0.1, 0.15) is 17.2 Å². The van der Waals surface area contributed by atoms with E-state index < -0.39 is 0 Å². The predicted octanol–water partition coefficient (Wildman–Crippen LogP) is 2.07. The van der Waals surface area contributed by atoms with E-state index in [0.29, 0.717) is 11.7 Å². The second-order valence-corrected chi connectivity index (χ2v) is 6.20. The molecule has 4 heteroatoms. The Morgan fingerprint density at radius 3 is 3.16 bits per heavy atom. The molecule has 0 aromatic heterocycles. The van der Waals surface area contributed by atoms with Gasteiger partial charge in [-0.15, -0.1) is 0 Å². The molecule has 102 valence electrons. The number of halogens is 1. The fourth-order valence-corrected chi connectivity index (χ4v) is 4.07. The lowest BCUT2D eigenvalue weighted by Gasteiger charge is -2.47. The fourth-order valence-electron chi connectivity index (χ4n) is 4.07. The maximum absolute atomic E-state index is 13.4. The molecule has 3 aliphatic heterocycles. The lowest BCUT2D eigenvalue weighted by atomic mass is 9.75. The van der Waals surface area contributed by atoms with E-state index in [2.05, 4.69) is 4.90 Å². The minimum atomic E-state index is -0.244. The summed E-state index contributed by atoms with van der Waals surface area (Å²) in [7, 11) is 0. The van der Waals surface area contributed by atoms with Crippen molar-refractivity contribution in [1.82, 2.24) is 4.90 Å². The first-order valence-electron chi connectivity index (χ1n) is 7.13. The Kier molecular flexibility index (Phi) is 2.42. The molecule has 1 aromatic rings. The van der Waals surface area contributed by atoms with Gasteiger partial charge in [0.25, 0.3) is 0 Å². The van der Waals surface area contributed by atoms with Crippen LogP contribution in [0.5, 0.6) is 5.75 Å². The molecule has 4 atom stereocenters. The molecule has 2 N–H and O–H groups in total. The molecule has 4 rings (SSSR count). The van der Waals surface area contributed by atoms with E-state index in [9.17, 15) is 4.39 Å². The van der Waals surface area contributed by atoms with Crippen LogP contribution >= 0.6 is 0 Å². The maximum Gasteiger partial charge on any atom is 0.127 e. The van der Waals surface area contributed by atoms with Crippen LogP contribution in [0.3, 0.4) is 0 Å². The molecular weight excluding hydrogens is 243 g/mol. The van der Waals surface area contributed by atoms with Crippen LogP contribution in [-0.2, 0) is 0 Å². The standard InChI is InChI=1S/C15H19FN2O/c16-11-1-2-12-13(17)8-15(19-14(12)7-11)4-6-18-5-3-10(15)9-18/h1-2,7,10,13H,3-6,8-9,17H2/t10?,13-,15?/m0/s1. The lowest BCUT2D eigenvalue weighted by Crippen LogP contribution is -2.53. The van der Waals surface area contributed by atoms with Gasteiger partial charge in [-0.1, -0.05) is 6.07 Å². The summed E-state index contributed by atoms with van der Waals surface area (Å²) in [6, 6.07) is 4.71. The van der Waals surface area contributed by atoms with E-state index in [1.165, 1.54) is 25.1 Å². The Morgan fingerprint density at radius 1 is 1.37 bits per heavy atom. The van der Waals surface area contributed by atoms with Crippen molar-refractivity contribution in [2.24, 2.45) is 11.7 Å². The van der Waals surface area contributed by atoms with Gasteiger partial charge in [0, 0.05) is 49.5 Å². The van der Waals surface area contributed by atoms with Gasteiger partial charge in [-0.25, -0.2) is 4.39 Å². The summed E-state index contributed by atoms with van der Waals surface area (Å²) in [4.78, 5) is 2.49. The molecule has 0 radical (unpaired) electrons. The van der Waals surface area contributed by atoms with Gasteiger partial charge in [-0.3, -0.25) is 0 Å². The molecule has 3 unspecified atom stereocenters. The summed E-state index contributed by atoms with van der Waals surface area (Å²) in [5.74, 6) is 0.967. The van der Waals surface area contributed by atoms with E-state index in [0.717, 1.165) is 31.5 Å². The molecule has 0 saturated carbocycles. The van der Waals surface area contributed by atoms with Crippen molar-refractivity contribution in [3.63, 3.8) is 0 Å². The van der Waals surface area contributed by atoms with E-state index in [1.807, 2.05) is 0 Å². The van der Waals surface area contributed by atoms with E-state index >= 15 is 0 Å². The van der Waals surface area contributed by atoms with E-state index in [1.54, 1.807) is 6.07 Å². The van der Waals surface area contributed by atoms with Crippen LogP contribution in [0.4, 0.5) is 4.39 Å². The SMILES string of the molecule is N[C@H]1CC2(CCN3CCC2C3)Oc2cc(F)ccc21. The zero-order chi connectivity index (χ0) is 13.0. The maximum atomic E-state index is 13.4. The van der Waals surface area contributed by atoms with Gasteiger partial charge in [0.2, 0.25) is 0 Å². The van der Waals surface area contributed by atoms with Crippen molar-refractivity contribution in [3.05, 3.63) is 29.6 Å². The zero-order valence-electron chi connectivity index (χ0n) is 10.9. The average Bonchev–Trinajstić information content (AvgIpc) is 2.79. The summed E-state index contributed by atoms with van der Waals surface area (Å²) >= 11 is 0. The van der Waals surface area contributed by atoms with Crippen LogP contribution in [-0.4, -0.2) is 30.1 Å². The second-order valence-electron chi connectivity index (χ2n) is 6.20. The predicted molar refractivity (Wildman–Crippen MR) is 70.5 cm³/mol. The van der Waals surface area contributed by atoms with Crippen molar-refractivity contribution in [3.8, 4) is 5.75 Å². The molecule has 2 bridgehead atoms. The van der Waals surface area contributed by atoms with Crippen LogP contribution < -0.4 is 10.5 Å². The smallest absolute Gasteiger partial charge is 0.127 e. The highest BCUT2D eigenvalue weighted by Gasteiger charge is 2.51. The first-order valence-corrected chi connectivity index (χ1v) is 7.13. The Morgan fingerprint density at radius 2 is 2.26 bits per heavy atom. The normalized spacial score (nSPS) is 40.0. The monoisotopic (exact) mass is 262 g/mol. The number of nitrogens with two attached hydrogens (primary N) is 1. The zero-order valence-corrected chi connectivity index (χ0v) is 10.9. The van der Waals surface area contributed by atoms with Crippen molar-refractivity contribution in [2.45, 2.75) is 30.9 Å². The molecule has 1 spiro atoms. The van der Waals surface area contributed by atoms with Gasteiger partial charge < -0.3 is 15.4 Å². The third-order valence-corrected chi connectivity index (χ3v) is 5.12. The van der Waals surface area contributed by atoms with Crippen molar-refractivity contribution in [2.75, 3.05) is 19.6 Å². The lowest BCUT2D eigenvalue weighted by molar-refractivity contribution is -0.0441. The highest BCUT2D eigenvalue weighted by molar-refractivity contribution is 5.39. The van der Waals surface area contributed by atoms with Crippen molar-refractivity contribution >= 4 is 0 Å². The molecule has 1 aromatic carbocycles. The number of ether oxygens (including phenoxy) is 1. The van der Waals surface area contributed by atoms with Crippen molar-refractivity contribution < 1.29 is 9.13 Å². The second kappa shape index (κ2) is 3.93. The van der Waals surface area contributed by atoms with Gasteiger partial charge in [-0.05, 0) is 19.0 Å². The highest BCUT2D eigenvalue weighted by Crippen LogP contribution is 2.48. The minimum absolute atomic E-state index is 0.0310. The molecule has 0 aliphatic carbocycles. The number of hydrogen-bond donors (Lipinski definition) is 1. The van der Waals surface area contributed by atoms with Gasteiger partial charge in [0.05, 0.1) is 0 Å². The van der Waals surface area contributed by atoms with E-state index in [4.69, 9.17) is 10.5 Å². The number of rotatable bonds is 0. The Balaban J connectivity index is 1.73. The van der Waals surface area contributed by atoms with Crippen LogP contribution in [0.15, 0.2) is 18.2 Å². The molecule has 3 heterocycles. The molecule has 0 amide bonds. The number of nitrogens with zero attached hydrogens (tertiary/aromatic N) is 1. The first kappa shape index (κ1) is 11.7. The Labute approximate surface area is 112 Å². The molecular formula is C15H19FN2O. The van der Waals surface area contributed by atoms with Gasteiger partial charge in [-0.2, -0.15) is 0 Å². The first-order chi connectivity index (χ1) is 9.16. The number of hydrogen-bond acceptors (Lipinski definition) is 3. The molecule has 19 heavy (non-hydrogen) atoms. The molecule has 3 aliphatic rings. The van der Waals surface area contributed by atoms with Crippen LogP contribution in [0.2, 0.25) is 0 Å². The molecule has 2 fully saturated rings. The number of benzene rings is 1. The highest BCUT2D eigenvalue weighted by atomic mass is 19.1.